The fourth-order valence-electron chi connectivity index (χ4n) is 1.53. The number of thioether (sulfide) groups is 1. The number of benzene rings is 1. The van der Waals surface area contributed by atoms with Crippen molar-refractivity contribution in [3.8, 4) is 0 Å². The first-order valence-corrected chi connectivity index (χ1v) is 7.46. The van der Waals surface area contributed by atoms with Gasteiger partial charge in [0.25, 0.3) is 0 Å². The Hall–Kier alpha value is -1.63. The Labute approximate surface area is 125 Å². The van der Waals surface area contributed by atoms with E-state index in [9.17, 15) is 18.4 Å². The van der Waals surface area contributed by atoms with Gasteiger partial charge in [-0.25, -0.2) is 8.78 Å². The van der Waals surface area contributed by atoms with E-state index in [0.29, 0.717) is 24.3 Å². The topological polar surface area (TPSA) is 66.4 Å². The van der Waals surface area contributed by atoms with Crippen LogP contribution in [0.1, 0.15) is 19.8 Å². The summed E-state index contributed by atoms with van der Waals surface area (Å²) in [4.78, 5) is 22.6. The largest absolute Gasteiger partial charge is 0.481 e. The Balaban J connectivity index is 2.22. The van der Waals surface area contributed by atoms with Crippen LogP contribution in [0.2, 0.25) is 0 Å². The number of amides is 1. The lowest BCUT2D eigenvalue weighted by molar-refractivity contribution is -0.141. The minimum atomic E-state index is -0.942. The highest BCUT2D eigenvalue weighted by Gasteiger charge is 2.10. The van der Waals surface area contributed by atoms with E-state index in [-0.39, 0.29) is 11.7 Å². The molecule has 0 radical (unpaired) electrons. The minimum absolute atomic E-state index is 0.0968. The van der Waals surface area contributed by atoms with Crippen LogP contribution in [0.25, 0.3) is 0 Å². The molecule has 0 aromatic heterocycles. The second-order valence-corrected chi connectivity index (χ2v) is 5.64. The minimum Gasteiger partial charge on any atom is -0.481 e. The van der Waals surface area contributed by atoms with Gasteiger partial charge in [-0.05, 0) is 31.0 Å². The summed E-state index contributed by atoms with van der Waals surface area (Å²) in [6.45, 7) is 2.01. The normalized spacial score (nSPS) is 12.0. The van der Waals surface area contributed by atoms with Crippen LogP contribution in [0.15, 0.2) is 23.1 Å². The van der Waals surface area contributed by atoms with Gasteiger partial charge in [-0.2, -0.15) is 0 Å². The van der Waals surface area contributed by atoms with Gasteiger partial charge in [0.1, 0.15) is 0 Å². The monoisotopic (exact) mass is 317 g/mol. The molecule has 0 bridgehead atoms. The van der Waals surface area contributed by atoms with Crippen molar-refractivity contribution in [3.63, 3.8) is 0 Å². The SMILES string of the molecule is CC(CCCNC(=O)CSc1ccc(F)c(F)c1)C(=O)O. The lowest BCUT2D eigenvalue weighted by Crippen LogP contribution is -2.26. The summed E-state index contributed by atoms with van der Waals surface area (Å²) in [6, 6.07) is 3.47. The molecule has 0 aliphatic heterocycles. The molecule has 0 saturated carbocycles. The van der Waals surface area contributed by atoms with E-state index in [2.05, 4.69) is 5.32 Å². The molecule has 1 amide bonds. The van der Waals surface area contributed by atoms with E-state index in [0.717, 1.165) is 23.9 Å². The third-order valence-electron chi connectivity index (χ3n) is 2.82. The van der Waals surface area contributed by atoms with Crippen LogP contribution in [0.3, 0.4) is 0 Å². The third kappa shape index (κ3) is 6.57. The van der Waals surface area contributed by atoms with E-state index >= 15 is 0 Å². The number of nitrogens with one attached hydrogen (secondary N) is 1. The Morgan fingerprint density at radius 1 is 1.33 bits per heavy atom. The maximum atomic E-state index is 13.0. The quantitative estimate of drug-likeness (QED) is 0.571. The second kappa shape index (κ2) is 8.61. The number of carboxylic acids is 1. The highest BCUT2D eigenvalue weighted by atomic mass is 32.2. The van der Waals surface area contributed by atoms with Crippen molar-refractivity contribution in [3.05, 3.63) is 29.8 Å². The first-order chi connectivity index (χ1) is 9.90. The van der Waals surface area contributed by atoms with E-state index in [1.54, 1.807) is 6.92 Å². The number of hydrogen-bond donors (Lipinski definition) is 2. The van der Waals surface area contributed by atoms with Gasteiger partial charge in [-0.15, -0.1) is 11.8 Å². The van der Waals surface area contributed by atoms with Crippen LogP contribution in [0.4, 0.5) is 8.78 Å². The third-order valence-corrected chi connectivity index (χ3v) is 3.81. The summed E-state index contributed by atoms with van der Waals surface area (Å²) in [7, 11) is 0. The molecule has 0 aliphatic carbocycles. The summed E-state index contributed by atoms with van der Waals surface area (Å²) in [6.07, 6.45) is 1.07. The van der Waals surface area contributed by atoms with Gasteiger partial charge in [-0.3, -0.25) is 9.59 Å². The second-order valence-electron chi connectivity index (χ2n) is 4.60. The van der Waals surface area contributed by atoms with Gasteiger partial charge in [0.15, 0.2) is 11.6 Å². The molecule has 1 unspecified atom stereocenters. The lowest BCUT2D eigenvalue weighted by Gasteiger charge is -2.07. The zero-order valence-corrected chi connectivity index (χ0v) is 12.4. The Morgan fingerprint density at radius 2 is 2.05 bits per heavy atom. The van der Waals surface area contributed by atoms with E-state index in [1.807, 2.05) is 0 Å². The number of aliphatic carboxylic acids is 1. The van der Waals surface area contributed by atoms with E-state index in [4.69, 9.17) is 5.11 Å². The molecule has 4 nitrogen and oxygen atoms in total. The van der Waals surface area contributed by atoms with Gasteiger partial charge in [-0.1, -0.05) is 6.92 Å². The molecule has 1 aromatic carbocycles. The maximum absolute atomic E-state index is 13.0. The molecular formula is C14H17F2NO3S. The van der Waals surface area contributed by atoms with Gasteiger partial charge in [0, 0.05) is 11.4 Å². The Bertz CT molecular complexity index is 511. The number of carbonyl (C=O) groups excluding carboxylic acids is 1. The van der Waals surface area contributed by atoms with Crippen molar-refractivity contribution < 1.29 is 23.5 Å². The molecule has 7 heteroatoms. The summed E-state index contributed by atoms with van der Waals surface area (Å²) in [5, 5.41) is 11.3. The molecule has 1 atom stereocenters. The Morgan fingerprint density at radius 3 is 2.67 bits per heavy atom. The molecule has 2 N–H and O–H groups in total. The highest BCUT2D eigenvalue weighted by Crippen LogP contribution is 2.20. The summed E-state index contributed by atoms with van der Waals surface area (Å²) in [5.74, 6) is -3.28. The number of halogens is 2. The van der Waals surface area contributed by atoms with Gasteiger partial charge >= 0.3 is 5.97 Å². The highest BCUT2D eigenvalue weighted by molar-refractivity contribution is 8.00. The van der Waals surface area contributed by atoms with Gasteiger partial charge in [0.05, 0.1) is 11.7 Å². The number of rotatable bonds is 8. The molecule has 21 heavy (non-hydrogen) atoms. The van der Waals surface area contributed by atoms with Crippen molar-refractivity contribution in [2.75, 3.05) is 12.3 Å². The van der Waals surface area contributed by atoms with Crippen molar-refractivity contribution in [1.29, 1.82) is 0 Å². The first-order valence-electron chi connectivity index (χ1n) is 6.47. The molecule has 0 heterocycles. The maximum Gasteiger partial charge on any atom is 0.306 e. The molecule has 1 aromatic rings. The van der Waals surface area contributed by atoms with E-state index in [1.165, 1.54) is 6.07 Å². The van der Waals surface area contributed by atoms with E-state index < -0.39 is 23.5 Å². The standard InChI is InChI=1S/C14H17F2NO3S/c1-9(14(19)20)3-2-6-17-13(18)8-21-10-4-5-11(15)12(16)7-10/h4-5,7,9H,2-3,6,8H2,1H3,(H,17,18)(H,19,20). The van der Waals surface area contributed by atoms with Crippen LogP contribution in [0, 0.1) is 17.6 Å². The first kappa shape index (κ1) is 17.4. The van der Waals surface area contributed by atoms with Crippen molar-refractivity contribution in [2.45, 2.75) is 24.7 Å². The summed E-state index contributed by atoms with van der Waals surface area (Å²) < 4.78 is 25.7. The van der Waals surface area contributed by atoms with Crippen LogP contribution >= 0.6 is 11.8 Å². The average Bonchev–Trinajstić information content (AvgIpc) is 2.44. The molecule has 0 saturated heterocycles. The number of hydrogen-bond acceptors (Lipinski definition) is 3. The Kier molecular flexibility index (Phi) is 7.14. The molecule has 0 fully saturated rings. The number of carbonyl (C=O) groups is 2. The summed E-state index contributed by atoms with van der Waals surface area (Å²) in [5.41, 5.74) is 0. The molecule has 116 valence electrons. The smallest absolute Gasteiger partial charge is 0.306 e. The van der Waals surface area contributed by atoms with Gasteiger partial charge < -0.3 is 10.4 Å². The van der Waals surface area contributed by atoms with Crippen LogP contribution in [0.5, 0.6) is 0 Å². The van der Waals surface area contributed by atoms with Crippen LogP contribution in [-0.2, 0) is 9.59 Å². The van der Waals surface area contributed by atoms with Gasteiger partial charge in [0.2, 0.25) is 5.91 Å². The average molecular weight is 317 g/mol. The fraction of sp³-hybridized carbons (Fsp3) is 0.429. The van der Waals surface area contributed by atoms with Crippen molar-refractivity contribution in [1.82, 2.24) is 5.32 Å². The lowest BCUT2D eigenvalue weighted by atomic mass is 10.1. The van der Waals surface area contributed by atoms with Crippen LogP contribution < -0.4 is 5.32 Å². The molecule has 1 rings (SSSR count). The van der Waals surface area contributed by atoms with Crippen molar-refractivity contribution >= 4 is 23.6 Å². The molecule has 0 aliphatic rings. The fourth-order valence-corrected chi connectivity index (χ4v) is 2.28. The zero-order chi connectivity index (χ0) is 15.8. The molecule has 0 spiro atoms. The predicted octanol–water partition coefficient (Wildman–Crippen LogP) is 2.67. The predicted molar refractivity (Wildman–Crippen MR) is 76.1 cm³/mol. The van der Waals surface area contributed by atoms with Crippen LogP contribution in [-0.4, -0.2) is 29.3 Å². The summed E-state index contributed by atoms with van der Waals surface area (Å²) >= 11 is 1.11. The molecular weight excluding hydrogens is 300 g/mol. The number of carboxylic acid groups (broad SMARTS) is 1. The zero-order valence-electron chi connectivity index (χ0n) is 11.6. The van der Waals surface area contributed by atoms with Crippen molar-refractivity contribution in [2.24, 2.45) is 5.92 Å².